The number of nitrogens with one attached hydrogen (secondary N) is 1. The molecule has 10 nitrogen and oxygen atoms in total. The number of carbonyl (C=O) groups is 4. The maximum Gasteiger partial charge on any atom is 0.512 e. The number of rotatable bonds is 6. The topological polar surface area (TPSA) is 148 Å². The summed E-state index contributed by atoms with van der Waals surface area (Å²) in [5, 5.41) is 11.0. The third-order valence-corrected chi connectivity index (χ3v) is 6.25. The monoisotopic (exact) mass is 501 g/mol. The lowest BCUT2D eigenvalue weighted by atomic mass is 10.0. The summed E-state index contributed by atoms with van der Waals surface area (Å²) in [7, 11) is 0. The van der Waals surface area contributed by atoms with Crippen LogP contribution >= 0.6 is 35.0 Å². The molecule has 0 spiro atoms. The van der Waals surface area contributed by atoms with E-state index in [0.29, 0.717) is 16.8 Å². The number of hydrogen-bond acceptors (Lipinski definition) is 8. The van der Waals surface area contributed by atoms with E-state index in [-0.39, 0.29) is 28.3 Å². The second-order valence-electron chi connectivity index (χ2n) is 6.68. The first-order chi connectivity index (χ1) is 15.1. The van der Waals surface area contributed by atoms with Crippen LogP contribution in [0.2, 0.25) is 0 Å². The molecule has 0 bridgehead atoms. The number of thioether (sulfide) groups is 1. The van der Waals surface area contributed by atoms with Crippen molar-refractivity contribution in [1.29, 1.82) is 0 Å². The Morgan fingerprint density at radius 1 is 1.28 bits per heavy atom. The molecule has 0 aromatic heterocycles. The number of carbonyl (C=O) groups excluding carboxylic acids is 3. The summed E-state index contributed by atoms with van der Waals surface area (Å²) in [4.78, 5) is 48.9. The number of halogens is 2. The number of nitrogen functional groups attached to an aromatic ring is 1. The van der Waals surface area contributed by atoms with Crippen molar-refractivity contribution >= 4 is 70.2 Å². The highest BCUT2D eigenvalue weighted by molar-refractivity contribution is 8.00. The first kappa shape index (κ1) is 23.8. The van der Waals surface area contributed by atoms with Crippen LogP contribution < -0.4 is 11.1 Å². The molecular weight excluding hydrogens is 485 g/mol. The van der Waals surface area contributed by atoms with Crippen molar-refractivity contribution in [2.45, 2.75) is 18.3 Å². The van der Waals surface area contributed by atoms with Crippen LogP contribution in [-0.2, 0) is 23.9 Å². The zero-order chi connectivity index (χ0) is 23.6. The summed E-state index contributed by atoms with van der Waals surface area (Å²) < 4.78 is 9.39. The Hall–Kier alpha value is -2.89. The van der Waals surface area contributed by atoms with E-state index < -0.39 is 35.4 Å². The highest BCUT2D eigenvalue weighted by Crippen LogP contribution is 2.41. The second-order valence-corrected chi connectivity index (χ2v) is 8.73. The van der Waals surface area contributed by atoms with Crippen LogP contribution in [0.25, 0.3) is 5.57 Å². The Bertz CT molecular complexity index is 1040. The summed E-state index contributed by atoms with van der Waals surface area (Å²) in [6.45, 7) is 0.968. The Kier molecular flexibility index (Phi) is 7.22. The van der Waals surface area contributed by atoms with Gasteiger partial charge in [-0.3, -0.25) is 19.3 Å². The molecule has 2 heterocycles. The van der Waals surface area contributed by atoms with E-state index >= 15 is 0 Å². The van der Waals surface area contributed by atoms with Gasteiger partial charge in [0.15, 0.2) is 0 Å². The fourth-order valence-corrected chi connectivity index (χ4v) is 4.78. The molecule has 2 aliphatic rings. The van der Waals surface area contributed by atoms with E-state index in [2.05, 4.69) is 5.32 Å². The van der Waals surface area contributed by atoms with Gasteiger partial charge in [0.2, 0.25) is 5.88 Å². The molecular formula is C19H17Cl2N3O7S. The first-order valence-electron chi connectivity index (χ1n) is 9.03. The number of fused-ring (bicyclic) bond motifs is 1. The average Bonchev–Trinajstić information content (AvgIpc) is 2.71. The van der Waals surface area contributed by atoms with Gasteiger partial charge in [-0.25, -0.2) is 4.79 Å². The fourth-order valence-electron chi connectivity index (χ4n) is 3.09. The summed E-state index contributed by atoms with van der Waals surface area (Å²) in [6.07, 6.45) is -1.63. The molecule has 1 aromatic carbocycles. The highest BCUT2D eigenvalue weighted by Gasteiger charge is 2.54. The molecule has 0 saturated carbocycles. The number of benzene rings is 1. The molecule has 2 atom stereocenters. The van der Waals surface area contributed by atoms with Crippen molar-refractivity contribution in [3.8, 4) is 0 Å². The molecule has 1 aromatic rings. The molecule has 2 amide bonds. The van der Waals surface area contributed by atoms with Gasteiger partial charge in [-0.2, -0.15) is 0 Å². The van der Waals surface area contributed by atoms with Gasteiger partial charge in [-0.05, 0) is 17.7 Å². The van der Waals surface area contributed by atoms with Gasteiger partial charge in [0.05, 0.1) is 5.57 Å². The minimum absolute atomic E-state index is 0.0477. The molecule has 1 unspecified atom stereocenters. The number of β-lactam (4-membered cyclic amide) rings is 1. The predicted molar refractivity (Wildman–Crippen MR) is 117 cm³/mol. The Morgan fingerprint density at radius 3 is 2.50 bits per heavy atom. The van der Waals surface area contributed by atoms with Crippen LogP contribution in [0, 0.1) is 0 Å². The molecule has 1 fully saturated rings. The molecule has 13 heteroatoms. The Morgan fingerprint density at radius 2 is 1.94 bits per heavy atom. The predicted octanol–water partition coefficient (Wildman–Crippen LogP) is 2.28. The number of nitrogens with zero attached hydrogens (tertiary/aromatic N) is 1. The van der Waals surface area contributed by atoms with E-state index in [4.69, 9.17) is 43.5 Å². The maximum absolute atomic E-state index is 12.9. The van der Waals surface area contributed by atoms with E-state index in [1.54, 1.807) is 24.3 Å². The molecule has 0 aliphatic carbocycles. The number of esters is 1. The summed E-state index contributed by atoms with van der Waals surface area (Å²) in [5.74, 6) is -1.88. The number of nitrogens with two attached hydrogens (primary N) is 1. The van der Waals surface area contributed by atoms with Gasteiger partial charge < -0.3 is 25.6 Å². The molecule has 32 heavy (non-hydrogen) atoms. The van der Waals surface area contributed by atoms with E-state index in [1.807, 2.05) is 0 Å². The van der Waals surface area contributed by atoms with Gasteiger partial charge >= 0.3 is 12.1 Å². The van der Waals surface area contributed by atoms with Crippen molar-refractivity contribution in [1.82, 2.24) is 10.2 Å². The van der Waals surface area contributed by atoms with Gasteiger partial charge in [0.25, 0.3) is 11.8 Å². The normalized spacial score (nSPS) is 19.5. The average molecular weight is 502 g/mol. The second kappa shape index (κ2) is 9.72. The lowest BCUT2D eigenvalue weighted by Gasteiger charge is -2.49. The zero-order valence-electron chi connectivity index (χ0n) is 16.5. The Balaban J connectivity index is 1.80. The van der Waals surface area contributed by atoms with Crippen molar-refractivity contribution in [3.05, 3.63) is 45.8 Å². The third kappa shape index (κ3) is 4.95. The summed E-state index contributed by atoms with van der Waals surface area (Å²) in [5.41, 5.74) is 6.80. The highest BCUT2D eigenvalue weighted by atomic mass is 35.5. The molecule has 3 rings (SSSR count). The quantitative estimate of drug-likeness (QED) is 0.231. The van der Waals surface area contributed by atoms with Crippen LogP contribution in [0.1, 0.15) is 12.5 Å². The number of ether oxygens (including phenoxy) is 2. The van der Waals surface area contributed by atoms with Crippen molar-refractivity contribution in [3.63, 3.8) is 0 Å². The summed E-state index contributed by atoms with van der Waals surface area (Å²) in [6, 6.07) is 5.27. The standard InChI is InChI=1S/C19H17Cl2N3O7S/c1-8(25)30-6-10-7-32-18-13(16(27)24(18)17(10)31-19(28)29)23-15(26)12(14(20)21)9-2-4-11(22)5-3-9/h2-5,13,18H,6-7,22H2,1H3,(H,23,26)(H,28,29)/t13?,18-/m0/s1. The van der Waals surface area contributed by atoms with Crippen LogP contribution in [0.4, 0.5) is 10.5 Å². The van der Waals surface area contributed by atoms with Crippen molar-refractivity contribution in [2.24, 2.45) is 0 Å². The smallest absolute Gasteiger partial charge is 0.461 e. The molecule has 1 saturated heterocycles. The maximum atomic E-state index is 12.9. The van der Waals surface area contributed by atoms with E-state index in [0.717, 1.165) is 4.90 Å². The first-order valence-corrected chi connectivity index (χ1v) is 10.8. The number of anilines is 1. The van der Waals surface area contributed by atoms with E-state index in [9.17, 15) is 19.2 Å². The van der Waals surface area contributed by atoms with Crippen LogP contribution in [-0.4, -0.2) is 57.7 Å². The molecule has 170 valence electrons. The largest absolute Gasteiger partial charge is 0.512 e. The van der Waals surface area contributed by atoms with Crippen LogP contribution in [0.15, 0.2) is 40.2 Å². The third-order valence-electron chi connectivity index (χ3n) is 4.53. The lowest BCUT2D eigenvalue weighted by Crippen LogP contribution is -2.70. The number of carboxylic acid groups (broad SMARTS) is 1. The minimum atomic E-state index is -1.63. The zero-order valence-corrected chi connectivity index (χ0v) is 18.8. The van der Waals surface area contributed by atoms with Gasteiger partial charge in [-0.15, -0.1) is 11.8 Å². The minimum Gasteiger partial charge on any atom is -0.461 e. The molecule has 4 N–H and O–H groups in total. The summed E-state index contributed by atoms with van der Waals surface area (Å²) >= 11 is 13.1. The van der Waals surface area contributed by atoms with Crippen LogP contribution in [0.3, 0.4) is 0 Å². The number of hydrogen-bond donors (Lipinski definition) is 3. The molecule has 2 aliphatic heterocycles. The van der Waals surface area contributed by atoms with Gasteiger partial charge in [0, 0.05) is 23.9 Å². The molecule has 0 radical (unpaired) electrons. The van der Waals surface area contributed by atoms with Crippen LogP contribution in [0.5, 0.6) is 0 Å². The Labute approximate surface area is 196 Å². The van der Waals surface area contributed by atoms with Crippen molar-refractivity contribution < 1.29 is 33.8 Å². The van der Waals surface area contributed by atoms with Gasteiger partial charge in [0.1, 0.15) is 22.5 Å². The lowest BCUT2D eigenvalue weighted by molar-refractivity contribution is -0.148. The van der Waals surface area contributed by atoms with E-state index in [1.165, 1.54) is 18.7 Å². The fraction of sp³-hybridized carbons (Fsp3) is 0.263. The van der Waals surface area contributed by atoms with Crippen molar-refractivity contribution in [2.75, 3.05) is 18.1 Å². The van der Waals surface area contributed by atoms with Gasteiger partial charge in [-0.1, -0.05) is 35.3 Å². The number of amides is 2. The SMILES string of the molecule is CC(=O)OCC1=C(OC(=O)O)N2C(=O)C(NC(=O)C(=C(Cl)Cl)c3ccc(N)cc3)[C@@H]2SC1.